The number of hydrogen-bond acceptors (Lipinski definition) is 2. The van der Waals surface area contributed by atoms with Crippen molar-refractivity contribution >= 4 is 32.4 Å². The SMILES string of the molecule is O=S1CCC(Nc2cc(Br)ccc2F)CC1. The third kappa shape index (κ3) is 3.04. The van der Waals surface area contributed by atoms with Crippen molar-refractivity contribution in [3.63, 3.8) is 0 Å². The quantitative estimate of drug-likeness (QED) is 0.910. The zero-order valence-corrected chi connectivity index (χ0v) is 11.1. The van der Waals surface area contributed by atoms with Crippen LogP contribution in [-0.2, 0) is 10.8 Å². The Labute approximate surface area is 105 Å². The van der Waals surface area contributed by atoms with Crippen molar-refractivity contribution in [2.45, 2.75) is 18.9 Å². The van der Waals surface area contributed by atoms with Gasteiger partial charge >= 0.3 is 0 Å². The first-order chi connectivity index (χ1) is 7.65. The molecule has 2 rings (SSSR count). The normalized spacial score (nSPS) is 25.4. The van der Waals surface area contributed by atoms with Crippen molar-refractivity contribution in [1.29, 1.82) is 0 Å². The molecule has 1 aliphatic heterocycles. The van der Waals surface area contributed by atoms with Crippen molar-refractivity contribution in [2.24, 2.45) is 0 Å². The van der Waals surface area contributed by atoms with Crippen LogP contribution in [0.3, 0.4) is 0 Å². The summed E-state index contributed by atoms with van der Waals surface area (Å²) < 4.78 is 25.5. The summed E-state index contributed by atoms with van der Waals surface area (Å²) in [5.74, 6) is 1.19. The van der Waals surface area contributed by atoms with E-state index in [-0.39, 0.29) is 11.9 Å². The van der Waals surface area contributed by atoms with Gasteiger partial charge in [-0.1, -0.05) is 15.9 Å². The van der Waals surface area contributed by atoms with Crippen LogP contribution in [0, 0.1) is 5.82 Å². The summed E-state index contributed by atoms with van der Waals surface area (Å²) in [4.78, 5) is 0. The van der Waals surface area contributed by atoms with Crippen LogP contribution in [0.4, 0.5) is 10.1 Å². The van der Waals surface area contributed by atoms with E-state index >= 15 is 0 Å². The topological polar surface area (TPSA) is 29.1 Å². The number of nitrogens with one attached hydrogen (secondary N) is 1. The summed E-state index contributed by atoms with van der Waals surface area (Å²) in [5.41, 5.74) is 0.520. The molecule has 88 valence electrons. The Hall–Kier alpha value is -0.420. The summed E-state index contributed by atoms with van der Waals surface area (Å²) in [7, 11) is -0.672. The molecule has 0 atom stereocenters. The minimum atomic E-state index is -0.672. The number of benzene rings is 1. The molecule has 1 heterocycles. The Balaban J connectivity index is 2.03. The molecule has 0 spiro atoms. The average molecular weight is 306 g/mol. The number of hydrogen-bond donors (Lipinski definition) is 1. The molecule has 1 N–H and O–H groups in total. The Bertz CT molecular complexity index is 403. The monoisotopic (exact) mass is 305 g/mol. The van der Waals surface area contributed by atoms with E-state index in [9.17, 15) is 8.60 Å². The predicted octanol–water partition coefficient (Wildman–Crippen LogP) is 2.91. The number of rotatable bonds is 2. The van der Waals surface area contributed by atoms with Crippen LogP contribution in [0.25, 0.3) is 0 Å². The van der Waals surface area contributed by atoms with Gasteiger partial charge in [-0.2, -0.15) is 0 Å². The Kier molecular flexibility index (Phi) is 3.97. The van der Waals surface area contributed by atoms with Crippen molar-refractivity contribution in [1.82, 2.24) is 0 Å². The van der Waals surface area contributed by atoms with Gasteiger partial charge in [0, 0.05) is 32.8 Å². The van der Waals surface area contributed by atoms with Crippen LogP contribution < -0.4 is 5.32 Å². The highest BCUT2D eigenvalue weighted by atomic mass is 79.9. The second-order valence-corrected chi connectivity index (χ2v) is 6.50. The maximum absolute atomic E-state index is 13.5. The molecule has 1 aromatic carbocycles. The molecule has 0 radical (unpaired) electrons. The molecule has 1 saturated heterocycles. The first-order valence-electron chi connectivity index (χ1n) is 5.22. The van der Waals surface area contributed by atoms with E-state index < -0.39 is 10.8 Å². The maximum atomic E-state index is 13.5. The fourth-order valence-corrected chi connectivity index (χ4v) is 3.43. The van der Waals surface area contributed by atoms with Crippen LogP contribution >= 0.6 is 15.9 Å². The highest BCUT2D eigenvalue weighted by molar-refractivity contribution is 9.10. The fraction of sp³-hybridized carbons (Fsp3) is 0.455. The van der Waals surface area contributed by atoms with Crippen LogP contribution in [0.15, 0.2) is 22.7 Å². The summed E-state index contributed by atoms with van der Waals surface area (Å²) in [5, 5.41) is 3.17. The van der Waals surface area contributed by atoms with Gasteiger partial charge in [0.2, 0.25) is 0 Å². The molecule has 1 fully saturated rings. The minimum Gasteiger partial charge on any atom is -0.380 e. The van der Waals surface area contributed by atoms with Gasteiger partial charge < -0.3 is 5.32 Å². The second-order valence-electron chi connectivity index (χ2n) is 3.89. The molecule has 1 aliphatic rings. The molecular weight excluding hydrogens is 293 g/mol. The number of anilines is 1. The van der Waals surface area contributed by atoms with Crippen molar-refractivity contribution < 1.29 is 8.60 Å². The van der Waals surface area contributed by atoms with Gasteiger partial charge in [-0.15, -0.1) is 0 Å². The summed E-state index contributed by atoms with van der Waals surface area (Å²) >= 11 is 3.32. The molecule has 0 saturated carbocycles. The summed E-state index contributed by atoms with van der Waals surface area (Å²) in [6.45, 7) is 0. The molecule has 5 heteroatoms. The third-order valence-corrected chi connectivity index (χ3v) is 4.55. The van der Waals surface area contributed by atoms with E-state index in [1.807, 2.05) is 0 Å². The van der Waals surface area contributed by atoms with Gasteiger partial charge in [-0.05, 0) is 31.0 Å². The molecular formula is C11H13BrFNOS. The van der Waals surface area contributed by atoms with Crippen molar-refractivity contribution in [2.75, 3.05) is 16.8 Å². The fourth-order valence-electron chi connectivity index (χ4n) is 1.77. The van der Waals surface area contributed by atoms with Gasteiger partial charge in [0.05, 0.1) is 5.69 Å². The maximum Gasteiger partial charge on any atom is 0.146 e. The van der Waals surface area contributed by atoms with Gasteiger partial charge in [-0.25, -0.2) is 4.39 Å². The first kappa shape index (κ1) is 12.0. The Morgan fingerprint density at radius 3 is 2.75 bits per heavy atom. The smallest absolute Gasteiger partial charge is 0.146 e. The molecule has 1 aromatic rings. The largest absolute Gasteiger partial charge is 0.380 e. The van der Waals surface area contributed by atoms with Crippen LogP contribution in [-0.4, -0.2) is 21.8 Å². The van der Waals surface area contributed by atoms with E-state index in [0.717, 1.165) is 17.3 Å². The third-order valence-electron chi connectivity index (χ3n) is 2.68. The van der Waals surface area contributed by atoms with E-state index in [2.05, 4.69) is 21.2 Å². The van der Waals surface area contributed by atoms with Gasteiger partial charge in [0.1, 0.15) is 5.82 Å². The lowest BCUT2D eigenvalue weighted by Gasteiger charge is -2.23. The standard InChI is InChI=1S/C11H13BrFNOS/c12-8-1-2-10(13)11(7-8)14-9-3-5-16(15)6-4-9/h1-2,7,9,14H,3-6H2. The van der Waals surface area contributed by atoms with E-state index in [1.165, 1.54) is 6.07 Å². The van der Waals surface area contributed by atoms with Gasteiger partial charge in [0.15, 0.2) is 0 Å². The lowest BCUT2D eigenvalue weighted by Crippen LogP contribution is -2.29. The van der Waals surface area contributed by atoms with E-state index in [0.29, 0.717) is 17.2 Å². The number of halogens is 2. The highest BCUT2D eigenvalue weighted by Gasteiger charge is 2.18. The van der Waals surface area contributed by atoms with Crippen LogP contribution in [0.5, 0.6) is 0 Å². The van der Waals surface area contributed by atoms with Crippen LogP contribution in [0.1, 0.15) is 12.8 Å². The van der Waals surface area contributed by atoms with Gasteiger partial charge in [-0.3, -0.25) is 4.21 Å². The Morgan fingerprint density at radius 1 is 1.38 bits per heavy atom. The summed E-state index contributed by atoms with van der Waals surface area (Å²) in [6.07, 6.45) is 1.69. The highest BCUT2D eigenvalue weighted by Crippen LogP contribution is 2.23. The lowest BCUT2D eigenvalue weighted by atomic mass is 10.1. The molecule has 0 amide bonds. The first-order valence-corrected chi connectivity index (χ1v) is 7.50. The predicted molar refractivity (Wildman–Crippen MR) is 68.6 cm³/mol. The molecule has 0 aliphatic carbocycles. The minimum absolute atomic E-state index is 0.237. The molecule has 16 heavy (non-hydrogen) atoms. The zero-order chi connectivity index (χ0) is 11.5. The lowest BCUT2D eigenvalue weighted by molar-refractivity contribution is 0.604. The van der Waals surface area contributed by atoms with Gasteiger partial charge in [0.25, 0.3) is 0 Å². The average Bonchev–Trinajstić information content (AvgIpc) is 2.27. The Morgan fingerprint density at radius 2 is 2.06 bits per heavy atom. The molecule has 2 nitrogen and oxygen atoms in total. The summed E-state index contributed by atoms with van der Waals surface area (Å²) in [6, 6.07) is 5.09. The molecule has 0 aromatic heterocycles. The van der Waals surface area contributed by atoms with Crippen molar-refractivity contribution in [3.8, 4) is 0 Å². The molecule has 0 unspecified atom stereocenters. The zero-order valence-electron chi connectivity index (χ0n) is 8.71. The van der Waals surface area contributed by atoms with Crippen LogP contribution in [0.2, 0.25) is 0 Å². The van der Waals surface area contributed by atoms with E-state index in [1.54, 1.807) is 12.1 Å². The van der Waals surface area contributed by atoms with Crippen molar-refractivity contribution in [3.05, 3.63) is 28.5 Å². The molecule has 0 bridgehead atoms. The van der Waals surface area contributed by atoms with E-state index in [4.69, 9.17) is 0 Å². The second kappa shape index (κ2) is 5.27.